The van der Waals surface area contributed by atoms with Crippen LogP contribution in [0.5, 0.6) is 0 Å². The van der Waals surface area contributed by atoms with Crippen molar-refractivity contribution >= 4 is 21.4 Å². The minimum atomic E-state index is -3.40. The van der Waals surface area contributed by atoms with Crippen molar-refractivity contribution in [2.45, 2.75) is 5.03 Å². The Kier molecular flexibility index (Phi) is 3.75. The Morgan fingerprint density at radius 2 is 2.00 bits per heavy atom. The molecule has 1 amide bonds. The molecular weight excluding hydrogens is 285 g/mol. The van der Waals surface area contributed by atoms with Gasteiger partial charge < -0.3 is 5.32 Å². The number of hydrogen-bond acceptors (Lipinski definition) is 5. The van der Waals surface area contributed by atoms with Gasteiger partial charge in [0.25, 0.3) is 5.91 Å². The molecule has 0 saturated heterocycles. The van der Waals surface area contributed by atoms with E-state index >= 15 is 0 Å². The van der Waals surface area contributed by atoms with Crippen LogP contribution in [0.4, 0.5) is 10.1 Å². The van der Waals surface area contributed by atoms with Crippen molar-refractivity contribution in [2.75, 3.05) is 11.6 Å². The normalized spacial score (nSPS) is 11.1. The van der Waals surface area contributed by atoms with E-state index in [1.54, 1.807) is 0 Å². The highest BCUT2D eigenvalue weighted by Gasteiger charge is 2.13. The minimum absolute atomic E-state index is 0.108. The van der Waals surface area contributed by atoms with Gasteiger partial charge in [0.2, 0.25) is 5.95 Å². The number of pyridine rings is 2. The molecule has 8 heteroatoms. The molecule has 0 spiro atoms. The van der Waals surface area contributed by atoms with Gasteiger partial charge in [0.15, 0.2) is 14.9 Å². The van der Waals surface area contributed by atoms with Crippen LogP contribution in [-0.2, 0) is 9.84 Å². The average molecular weight is 295 g/mol. The number of sulfone groups is 1. The predicted octanol–water partition coefficient (Wildman–Crippen LogP) is 1.27. The fourth-order valence-corrected chi connectivity index (χ4v) is 1.99. The van der Waals surface area contributed by atoms with E-state index in [0.29, 0.717) is 0 Å². The van der Waals surface area contributed by atoms with Crippen LogP contribution in [0, 0.1) is 5.95 Å². The van der Waals surface area contributed by atoms with Gasteiger partial charge >= 0.3 is 0 Å². The Bertz CT molecular complexity index is 745. The number of anilines is 1. The highest BCUT2D eigenvalue weighted by molar-refractivity contribution is 7.90. The number of amides is 1. The Balaban J connectivity index is 2.19. The molecule has 0 aliphatic rings. The van der Waals surface area contributed by atoms with Crippen LogP contribution in [0.25, 0.3) is 0 Å². The van der Waals surface area contributed by atoms with Gasteiger partial charge in [-0.25, -0.2) is 18.4 Å². The molecule has 2 aromatic rings. The lowest BCUT2D eigenvalue weighted by Crippen LogP contribution is -2.14. The first-order chi connectivity index (χ1) is 9.38. The maximum Gasteiger partial charge on any atom is 0.260 e. The van der Waals surface area contributed by atoms with E-state index < -0.39 is 21.7 Å². The van der Waals surface area contributed by atoms with Crippen LogP contribution in [0.3, 0.4) is 0 Å². The number of rotatable bonds is 3. The zero-order chi connectivity index (χ0) is 14.8. The number of aromatic nitrogens is 2. The molecule has 0 radical (unpaired) electrons. The summed E-state index contributed by atoms with van der Waals surface area (Å²) in [4.78, 5) is 18.9. The topological polar surface area (TPSA) is 89.0 Å². The van der Waals surface area contributed by atoms with Crippen molar-refractivity contribution in [3.8, 4) is 0 Å². The number of nitrogens with zero attached hydrogens (tertiary/aromatic N) is 2. The maximum absolute atomic E-state index is 13.3. The first-order valence-electron chi connectivity index (χ1n) is 5.46. The summed E-state index contributed by atoms with van der Waals surface area (Å²) in [5.41, 5.74) is 0.0466. The predicted molar refractivity (Wildman–Crippen MR) is 69.5 cm³/mol. The van der Waals surface area contributed by atoms with Gasteiger partial charge in [-0.2, -0.15) is 4.39 Å². The van der Waals surface area contributed by atoms with E-state index in [4.69, 9.17) is 0 Å². The van der Waals surface area contributed by atoms with E-state index in [2.05, 4.69) is 15.3 Å². The fourth-order valence-electron chi connectivity index (χ4n) is 1.43. The van der Waals surface area contributed by atoms with Gasteiger partial charge in [0.05, 0.1) is 17.4 Å². The van der Waals surface area contributed by atoms with E-state index in [9.17, 15) is 17.6 Å². The van der Waals surface area contributed by atoms with Crippen LogP contribution in [0.2, 0.25) is 0 Å². The second-order valence-corrected chi connectivity index (χ2v) is 5.92. The molecule has 0 aliphatic heterocycles. The number of carbonyl (C=O) groups is 1. The van der Waals surface area contributed by atoms with Crippen LogP contribution in [-0.4, -0.2) is 30.5 Å². The van der Waals surface area contributed by atoms with Gasteiger partial charge in [-0.05, 0) is 24.3 Å². The number of carbonyl (C=O) groups excluding carboxylic acids is 1. The third-order valence-electron chi connectivity index (χ3n) is 2.38. The largest absolute Gasteiger partial charge is 0.320 e. The second-order valence-electron chi connectivity index (χ2n) is 3.95. The molecular formula is C12H10FN3O3S. The molecule has 6 nitrogen and oxygen atoms in total. The summed E-state index contributed by atoms with van der Waals surface area (Å²) in [6.45, 7) is 0. The van der Waals surface area contributed by atoms with Crippen LogP contribution >= 0.6 is 0 Å². The number of halogens is 1. The van der Waals surface area contributed by atoms with Gasteiger partial charge in [-0.1, -0.05) is 0 Å². The molecule has 104 valence electrons. The van der Waals surface area contributed by atoms with Crippen molar-refractivity contribution < 1.29 is 17.6 Å². The van der Waals surface area contributed by atoms with E-state index in [-0.39, 0.29) is 16.3 Å². The zero-order valence-electron chi connectivity index (χ0n) is 10.4. The van der Waals surface area contributed by atoms with Crippen LogP contribution in [0.15, 0.2) is 41.7 Å². The van der Waals surface area contributed by atoms with Crippen molar-refractivity contribution in [3.63, 3.8) is 0 Å². The molecule has 2 rings (SSSR count). The molecule has 0 aliphatic carbocycles. The summed E-state index contributed by atoms with van der Waals surface area (Å²) in [6.07, 6.45) is 3.44. The fraction of sp³-hybridized carbons (Fsp3) is 0.0833. The molecule has 0 unspecified atom stereocenters. The Morgan fingerprint density at radius 1 is 1.25 bits per heavy atom. The monoisotopic (exact) mass is 295 g/mol. The third-order valence-corrected chi connectivity index (χ3v) is 3.38. The van der Waals surface area contributed by atoms with E-state index in [0.717, 1.165) is 6.26 Å². The molecule has 2 heterocycles. The summed E-state index contributed by atoms with van der Waals surface area (Å²) >= 11 is 0. The van der Waals surface area contributed by atoms with E-state index in [1.807, 2.05) is 0 Å². The lowest BCUT2D eigenvalue weighted by Gasteiger charge is -2.05. The van der Waals surface area contributed by atoms with Gasteiger partial charge in [0, 0.05) is 12.5 Å². The zero-order valence-corrected chi connectivity index (χ0v) is 11.2. The van der Waals surface area contributed by atoms with E-state index in [1.165, 1.54) is 36.7 Å². The Hall–Kier alpha value is -2.35. The highest BCUT2D eigenvalue weighted by atomic mass is 32.2. The summed E-state index contributed by atoms with van der Waals surface area (Å²) in [5.74, 6) is -1.57. The van der Waals surface area contributed by atoms with Crippen molar-refractivity contribution in [1.29, 1.82) is 0 Å². The van der Waals surface area contributed by atoms with Crippen molar-refractivity contribution in [3.05, 3.63) is 48.2 Å². The Labute approximate surface area is 114 Å². The highest BCUT2D eigenvalue weighted by Crippen LogP contribution is 2.12. The van der Waals surface area contributed by atoms with Crippen LogP contribution in [0.1, 0.15) is 10.4 Å². The quantitative estimate of drug-likeness (QED) is 0.861. The number of nitrogens with one attached hydrogen (secondary N) is 1. The first kappa shape index (κ1) is 14.1. The molecule has 0 saturated carbocycles. The average Bonchev–Trinajstić information content (AvgIpc) is 2.38. The molecule has 20 heavy (non-hydrogen) atoms. The van der Waals surface area contributed by atoms with Crippen LogP contribution < -0.4 is 5.32 Å². The summed E-state index contributed by atoms with van der Waals surface area (Å²) in [7, 11) is -3.40. The number of hydrogen-bond donors (Lipinski definition) is 1. The smallest absolute Gasteiger partial charge is 0.260 e. The minimum Gasteiger partial charge on any atom is -0.320 e. The standard InChI is InChI=1S/C12H10FN3O3S/c1-20(18,19)10-5-4-8(7-15-10)16-12(17)9-3-2-6-14-11(9)13/h2-7H,1H3,(H,16,17). The summed E-state index contributed by atoms with van der Waals surface area (Å²) in [6, 6.07) is 5.35. The molecule has 1 N–H and O–H groups in total. The van der Waals surface area contributed by atoms with Gasteiger partial charge in [0.1, 0.15) is 0 Å². The maximum atomic E-state index is 13.3. The second kappa shape index (κ2) is 5.33. The first-order valence-corrected chi connectivity index (χ1v) is 7.35. The van der Waals surface area contributed by atoms with Gasteiger partial charge in [-0.3, -0.25) is 4.79 Å². The molecule has 0 bridgehead atoms. The molecule has 0 fully saturated rings. The summed E-state index contributed by atoms with van der Waals surface area (Å²) < 4.78 is 35.7. The third kappa shape index (κ3) is 3.15. The molecule has 0 atom stereocenters. The molecule has 0 aromatic carbocycles. The van der Waals surface area contributed by atoms with Crippen molar-refractivity contribution in [1.82, 2.24) is 9.97 Å². The Morgan fingerprint density at radius 3 is 2.55 bits per heavy atom. The lowest BCUT2D eigenvalue weighted by atomic mass is 10.2. The van der Waals surface area contributed by atoms with Gasteiger partial charge in [-0.15, -0.1) is 0 Å². The SMILES string of the molecule is CS(=O)(=O)c1ccc(NC(=O)c2cccnc2F)cn1. The summed E-state index contributed by atoms with van der Waals surface area (Å²) in [5, 5.41) is 2.29. The lowest BCUT2D eigenvalue weighted by molar-refractivity contribution is 0.102. The van der Waals surface area contributed by atoms with Crippen molar-refractivity contribution in [2.24, 2.45) is 0 Å². The molecule has 2 aromatic heterocycles.